The van der Waals surface area contributed by atoms with E-state index in [2.05, 4.69) is 0 Å². The molecule has 1 unspecified atom stereocenters. The molecule has 1 aliphatic rings. The van der Waals surface area contributed by atoms with Gasteiger partial charge in [0.2, 0.25) is 5.91 Å². The Kier molecular flexibility index (Phi) is 3.96. The number of rotatable bonds is 3. The Hall–Kier alpha value is -2.54. The molecule has 1 heterocycles. The number of para-hydroxylation sites is 1. The molecule has 1 atom stereocenters. The molecule has 0 fully saturated rings. The molecule has 0 spiro atoms. The van der Waals surface area contributed by atoms with Crippen LogP contribution in [0.25, 0.3) is 0 Å². The maximum Gasteiger partial charge on any atom is 0.268 e. The van der Waals surface area contributed by atoms with E-state index in [1.54, 1.807) is 37.3 Å². The van der Waals surface area contributed by atoms with Crippen LogP contribution in [0, 0.1) is 12.8 Å². The summed E-state index contributed by atoms with van der Waals surface area (Å²) in [6.07, 6.45) is 0.400. The monoisotopic (exact) mass is 346 g/mol. The zero-order chi connectivity index (χ0) is 17.5. The molecule has 0 saturated heterocycles. The van der Waals surface area contributed by atoms with Gasteiger partial charge in [-0.15, -0.1) is 0 Å². The largest absolute Gasteiger partial charge is 0.507 e. The minimum Gasteiger partial charge on any atom is -0.507 e. The minimum atomic E-state index is -4.02. The number of carbonyl (C=O) groups excluding carboxylic acids is 1. The molecule has 3 rings (SSSR count). The molecule has 6 nitrogen and oxygen atoms in total. The first kappa shape index (κ1) is 16.3. The van der Waals surface area contributed by atoms with E-state index in [4.69, 9.17) is 5.73 Å². The fourth-order valence-electron chi connectivity index (χ4n) is 2.92. The van der Waals surface area contributed by atoms with Crippen molar-refractivity contribution in [2.45, 2.75) is 18.2 Å². The lowest BCUT2D eigenvalue weighted by Gasteiger charge is -2.34. The zero-order valence-electron chi connectivity index (χ0n) is 13.1. The van der Waals surface area contributed by atoms with Gasteiger partial charge in [-0.3, -0.25) is 9.10 Å². The third-order valence-electron chi connectivity index (χ3n) is 4.20. The molecule has 0 saturated carbocycles. The molecule has 7 heteroatoms. The predicted octanol–water partition coefficient (Wildman–Crippen LogP) is 1.55. The molecule has 1 amide bonds. The van der Waals surface area contributed by atoms with E-state index in [0.717, 1.165) is 9.87 Å². The second kappa shape index (κ2) is 5.83. The summed E-state index contributed by atoms with van der Waals surface area (Å²) >= 11 is 0. The number of primary amides is 1. The number of amides is 1. The van der Waals surface area contributed by atoms with Crippen molar-refractivity contribution in [1.29, 1.82) is 0 Å². The molecular formula is C17H18N2O4S. The average Bonchev–Trinajstić information content (AvgIpc) is 2.55. The van der Waals surface area contributed by atoms with E-state index >= 15 is 0 Å². The highest BCUT2D eigenvalue weighted by atomic mass is 32.2. The SMILES string of the molecule is Cc1ccc(O)c(S(=O)(=O)N2CC(C(N)=O)Cc3ccccc32)c1. The Morgan fingerprint density at radius 3 is 2.67 bits per heavy atom. The third kappa shape index (κ3) is 2.71. The van der Waals surface area contributed by atoms with Crippen LogP contribution in [0.15, 0.2) is 47.4 Å². The zero-order valence-corrected chi connectivity index (χ0v) is 14.0. The quantitative estimate of drug-likeness (QED) is 0.880. The lowest BCUT2D eigenvalue weighted by atomic mass is 9.93. The third-order valence-corrected chi connectivity index (χ3v) is 6.01. The smallest absolute Gasteiger partial charge is 0.268 e. The number of hydrogen-bond acceptors (Lipinski definition) is 4. The first-order chi connectivity index (χ1) is 11.3. The number of sulfonamides is 1. The Balaban J connectivity index is 2.16. The summed E-state index contributed by atoms with van der Waals surface area (Å²) in [6, 6.07) is 11.4. The van der Waals surface area contributed by atoms with Gasteiger partial charge in [0.05, 0.1) is 11.6 Å². The van der Waals surface area contributed by atoms with Gasteiger partial charge in [0.1, 0.15) is 10.6 Å². The van der Waals surface area contributed by atoms with Gasteiger partial charge in [-0.2, -0.15) is 0 Å². The predicted molar refractivity (Wildman–Crippen MR) is 90.2 cm³/mol. The molecule has 0 radical (unpaired) electrons. The fourth-order valence-corrected chi connectivity index (χ4v) is 4.64. The molecule has 126 valence electrons. The first-order valence-corrected chi connectivity index (χ1v) is 8.94. The van der Waals surface area contributed by atoms with Crippen molar-refractivity contribution < 1.29 is 18.3 Å². The number of aromatic hydroxyl groups is 1. The van der Waals surface area contributed by atoms with Crippen molar-refractivity contribution >= 4 is 21.6 Å². The highest BCUT2D eigenvalue weighted by Crippen LogP contribution is 2.36. The fraction of sp³-hybridized carbons (Fsp3) is 0.235. The number of phenolic OH excluding ortho intramolecular Hbond substituents is 1. The first-order valence-electron chi connectivity index (χ1n) is 7.50. The molecule has 1 aliphatic heterocycles. The lowest BCUT2D eigenvalue weighted by molar-refractivity contribution is -0.121. The molecule has 2 aromatic carbocycles. The van der Waals surface area contributed by atoms with E-state index in [1.165, 1.54) is 12.1 Å². The van der Waals surface area contributed by atoms with Gasteiger partial charge < -0.3 is 10.8 Å². The maximum atomic E-state index is 13.1. The molecule has 0 aromatic heterocycles. The number of phenols is 1. The Morgan fingerprint density at radius 1 is 1.25 bits per heavy atom. The minimum absolute atomic E-state index is 0.0396. The van der Waals surface area contributed by atoms with Crippen molar-refractivity contribution in [2.75, 3.05) is 10.8 Å². The number of aryl methyl sites for hydroxylation is 1. The Morgan fingerprint density at radius 2 is 1.96 bits per heavy atom. The van der Waals surface area contributed by atoms with Gasteiger partial charge in [-0.05, 0) is 42.7 Å². The van der Waals surface area contributed by atoms with Gasteiger partial charge in [0.15, 0.2) is 0 Å². The topological polar surface area (TPSA) is 101 Å². The van der Waals surface area contributed by atoms with Crippen LogP contribution in [-0.2, 0) is 21.2 Å². The molecule has 0 bridgehead atoms. The van der Waals surface area contributed by atoms with Gasteiger partial charge in [0, 0.05) is 6.54 Å². The van der Waals surface area contributed by atoms with E-state index in [1.807, 2.05) is 0 Å². The van der Waals surface area contributed by atoms with Crippen molar-refractivity contribution in [3.8, 4) is 5.75 Å². The van der Waals surface area contributed by atoms with Gasteiger partial charge in [-0.1, -0.05) is 24.3 Å². The molecule has 3 N–H and O–H groups in total. The summed E-state index contributed by atoms with van der Waals surface area (Å²) in [4.78, 5) is 11.5. The van der Waals surface area contributed by atoms with E-state index in [0.29, 0.717) is 17.7 Å². The van der Waals surface area contributed by atoms with Gasteiger partial charge in [0.25, 0.3) is 10.0 Å². The summed E-state index contributed by atoms with van der Waals surface area (Å²) in [5.41, 5.74) is 7.37. The number of nitrogens with zero attached hydrogens (tertiary/aromatic N) is 1. The summed E-state index contributed by atoms with van der Waals surface area (Å²) in [5.74, 6) is -1.47. The normalized spacial score (nSPS) is 17.4. The van der Waals surface area contributed by atoms with Crippen LogP contribution in [0.1, 0.15) is 11.1 Å². The van der Waals surface area contributed by atoms with Crippen LogP contribution in [0.3, 0.4) is 0 Å². The number of anilines is 1. The van der Waals surface area contributed by atoms with Crippen molar-refractivity contribution in [1.82, 2.24) is 0 Å². The Bertz CT molecular complexity index is 909. The van der Waals surface area contributed by atoms with Crippen molar-refractivity contribution in [2.24, 2.45) is 11.7 Å². The summed E-state index contributed by atoms with van der Waals surface area (Å²) in [6.45, 7) is 1.71. The van der Waals surface area contributed by atoms with Gasteiger partial charge in [-0.25, -0.2) is 8.42 Å². The average molecular weight is 346 g/mol. The number of fused-ring (bicyclic) bond motifs is 1. The molecule has 24 heavy (non-hydrogen) atoms. The second-order valence-electron chi connectivity index (χ2n) is 5.94. The van der Waals surface area contributed by atoms with Crippen LogP contribution in [0.2, 0.25) is 0 Å². The molecular weight excluding hydrogens is 328 g/mol. The van der Waals surface area contributed by atoms with Gasteiger partial charge >= 0.3 is 0 Å². The molecule has 0 aliphatic carbocycles. The van der Waals surface area contributed by atoms with Crippen LogP contribution in [0.4, 0.5) is 5.69 Å². The van der Waals surface area contributed by atoms with Crippen LogP contribution >= 0.6 is 0 Å². The number of nitrogens with two attached hydrogens (primary N) is 1. The van der Waals surface area contributed by atoms with E-state index < -0.39 is 21.8 Å². The maximum absolute atomic E-state index is 13.1. The summed E-state index contributed by atoms with van der Waals surface area (Å²) in [7, 11) is -4.02. The van der Waals surface area contributed by atoms with Crippen LogP contribution in [0.5, 0.6) is 5.75 Å². The second-order valence-corrected chi connectivity index (χ2v) is 7.77. The van der Waals surface area contributed by atoms with Crippen LogP contribution in [-0.4, -0.2) is 26.0 Å². The number of hydrogen-bond donors (Lipinski definition) is 2. The number of carbonyl (C=O) groups is 1. The summed E-state index contributed by atoms with van der Waals surface area (Å²) in [5, 5.41) is 10.0. The highest BCUT2D eigenvalue weighted by molar-refractivity contribution is 7.93. The van der Waals surface area contributed by atoms with Crippen LogP contribution < -0.4 is 10.0 Å². The van der Waals surface area contributed by atoms with E-state index in [9.17, 15) is 18.3 Å². The van der Waals surface area contributed by atoms with E-state index in [-0.39, 0.29) is 17.2 Å². The lowest BCUT2D eigenvalue weighted by Crippen LogP contribution is -2.44. The Labute approximate surface area is 140 Å². The van der Waals surface area contributed by atoms with Crippen molar-refractivity contribution in [3.63, 3.8) is 0 Å². The summed E-state index contributed by atoms with van der Waals surface area (Å²) < 4.78 is 27.4. The molecule has 2 aromatic rings. The number of benzene rings is 2. The standard InChI is InChI=1S/C17H18N2O4S/c1-11-6-7-15(20)16(8-11)24(22,23)19-10-13(17(18)21)9-12-4-2-3-5-14(12)19/h2-8,13,20H,9-10H2,1H3,(H2,18,21). The van der Waals surface area contributed by atoms with Crippen molar-refractivity contribution in [3.05, 3.63) is 53.6 Å². The highest BCUT2D eigenvalue weighted by Gasteiger charge is 2.36.